The molecule has 0 amide bonds. The lowest BCUT2D eigenvalue weighted by Crippen LogP contribution is -2.05. The lowest BCUT2D eigenvalue weighted by molar-refractivity contribution is -0.0516. The van der Waals surface area contributed by atoms with Crippen molar-refractivity contribution >= 4 is 0 Å². The van der Waals surface area contributed by atoms with Crippen LogP contribution in [0.2, 0.25) is 0 Å². The van der Waals surface area contributed by atoms with Crippen molar-refractivity contribution in [3.8, 4) is 11.6 Å². The van der Waals surface area contributed by atoms with Crippen LogP contribution in [0.3, 0.4) is 0 Å². The van der Waals surface area contributed by atoms with Crippen LogP contribution in [-0.2, 0) is 0 Å². The van der Waals surface area contributed by atoms with E-state index in [1.54, 1.807) is 6.20 Å². The van der Waals surface area contributed by atoms with Crippen molar-refractivity contribution in [3.05, 3.63) is 17.8 Å². The fourth-order valence-electron chi connectivity index (χ4n) is 1.10. The molecule has 15 heavy (non-hydrogen) atoms. The average molecular weight is 217 g/mol. The van der Waals surface area contributed by atoms with E-state index < -0.39 is 6.61 Å². The number of nitrogens with zero attached hydrogens (tertiary/aromatic N) is 1. The molecule has 3 nitrogen and oxygen atoms in total. The molecule has 0 aromatic carbocycles. The second-order valence-corrected chi connectivity index (χ2v) is 3.31. The maximum Gasteiger partial charge on any atom is 0.387 e. The third-order valence-corrected chi connectivity index (χ3v) is 1.92. The molecule has 84 valence electrons. The molecule has 0 saturated carbocycles. The number of alkyl halides is 2. The van der Waals surface area contributed by atoms with E-state index in [4.69, 9.17) is 4.74 Å². The number of pyridine rings is 1. The number of aromatic nitrogens is 1. The van der Waals surface area contributed by atoms with Gasteiger partial charge in [-0.3, -0.25) is 0 Å². The van der Waals surface area contributed by atoms with Gasteiger partial charge in [-0.05, 0) is 17.5 Å². The van der Waals surface area contributed by atoms with Crippen LogP contribution >= 0.6 is 0 Å². The van der Waals surface area contributed by atoms with Crippen molar-refractivity contribution < 1.29 is 18.3 Å². The molecule has 0 bridgehead atoms. The number of hydrogen-bond donors (Lipinski definition) is 0. The SMILES string of the molecule is COc1ncc(C(C)C)cc1OC(F)F. The number of rotatable bonds is 4. The minimum atomic E-state index is -2.87. The first-order valence-corrected chi connectivity index (χ1v) is 4.53. The zero-order valence-electron chi connectivity index (χ0n) is 8.83. The molecule has 0 radical (unpaired) electrons. The highest BCUT2D eigenvalue weighted by Crippen LogP contribution is 2.29. The summed E-state index contributed by atoms with van der Waals surface area (Å²) in [6.45, 7) is 1.01. The molecule has 1 aromatic heterocycles. The van der Waals surface area contributed by atoms with E-state index in [2.05, 4.69) is 9.72 Å². The average Bonchev–Trinajstić information content (AvgIpc) is 2.16. The quantitative estimate of drug-likeness (QED) is 0.777. The predicted molar refractivity (Wildman–Crippen MR) is 51.5 cm³/mol. The van der Waals surface area contributed by atoms with Crippen LogP contribution in [0.15, 0.2) is 12.3 Å². The first-order chi connectivity index (χ1) is 7.04. The van der Waals surface area contributed by atoms with Crippen molar-refractivity contribution in [2.45, 2.75) is 26.4 Å². The fourth-order valence-corrected chi connectivity index (χ4v) is 1.10. The number of hydrogen-bond acceptors (Lipinski definition) is 3. The summed E-state index contributed by atoms with van der Waals surface area (Å²) in [4.78, 5) is 3.89. The lowest BCUT2D eigenvalue weighted by Gasteiger charge is -2.11. The van der Waals surface area contributed by atoms with Gasteiger partial charge < -0.3 is 9.47 Å². The van der Waals surface area contributed by atoms with Crippen molar-refractivity contribution in [1.82, 2.24) is 4.98 Å². The summed E-state index contributed by atoms with van der Waals surface area (Å²) in [5.41, 5.74) is 0.825. The topological polar surface area (TPSA) is 31.4 Å². The van der Waals surface area contributed by atoms with Crippen LogP contribution in [0.1, 0.15) is 25.3 Å². The van der Waals surface area contributed by atoms with Crippen LogP contribution in [0.5, 0.6) is 11.6 Å². The first-order valence-electron chi connectivity index (χ1n) is 4.53. The molecule has 0 unspecified atom stereocenters. The highest BCUT2D eigenvalue weighted by Gasteiger charge is 2.13. The van der Waals surface area contributed by atoms with Gasteiger partial charge in [-0.2, -0.15) is 8.78 Å². The zero-order valence-corrected chi connectivity index (χ0v) is 8.83. The monoisotopic (exact) mass is 217 g/mol. The van der Waals surface area contributed by atoms with Gasteiger partial charge in [0, 0.05) is 6.20 Å². The van der Waals surface area contributed by atoms with Gasteiger partial charge in [-0.25, -0.2) is 4.98 Å². The van der Waals surface area contributed by atoms with Gasteiger partial charge in [-0.15, -0.1) is 0 Å². The smallest absolute Gasteiger partial charge is 0.387 e. The van der Waals surface area contributed by atoms with E-state index in [9.17, 15) is 8.78 Å². The zero-order chi connectivity index (χ0) is 11.4. The Morgan fingerprint density at radius 2 is 2.00 bits per heavy atom. The summed E-state index contributed by atoms with van der Waals surface area (Å²) in [6.07, 6.45) is 1.59. The van der Waals surface area contributed by atoms with Crippen LogP contribution in [0.4, 0.5) is 8.78 Å². The van der Waals surface area contributed by atoms with Gasteiger partial charge in [0.1, 0.15) is 0 Å². The van der Waals surface area contributed by atoms with Crippen LogP contribution in [0.25, 0.3) is 0 Å². The van der Waals surface area contributed by atoms with E-state index in [0.717, 1.165) is 5.56 Å². The summed E-state index contributed by atoms with van der Waals surface area (Å²) in [5.74, 6) is 0.238. The molecular weight excluding hydrogens is 204 g/mol. The molecule has 1 heterocycles. The number of ether oxygens (including phenoxy) is 2. The Morgan fingerprint density at radius 1 is 1.33 bits per heavy atom. The maximum atomic E-state index is 12.1. The molecule has 1 rings (SSSR count). The van der Waals surface area contributed by atoms with Gasteiger partial charge in [0.25, 0.3) is 5.88 Å². The number of halogens is 2. The third kappa shape index (κ3) is 3.04. The Balaban J connectivity index is 3.02. The second-order valence-electron chi connectivity index (χ2n) is 3.31. The van der Waals surface area contributed by atoms with Crippen LogP contribution < -0.4 is 9.47 Å². The van der Waals surface area contributed by atoms with E-state index >= 15 is 0 Å². The van der Waals surface area contributed by atoms with Crippen LogP contribution in [-0.4, -0.2) is 18.7 Å². The molecule has 0 aliphatic rings. The Labute approximate surface area is 87.0 Å². The third-order valence-electron chi connectivity index (χ3n) is 1.92. The first kappa shape index (κ1) is 11.7. The lowest BCUT2D eigenvalue weighted by atomic mass is 10.1. The van der Waals surface area contributed by atoms with Gasteiger partial charge in [0.05, 0.1) is 7.11 Å². The summed E-state index contributed by atoms with van der Waals surface area (Å²) in [5, 5.41) is 0. The Hall–Kier alpha value is -1.39. The summed E-state index contributed by atoms with van der Waals surface area (Å²) in [7, 11) is 1.36. The van der Waals surface area contributed by atoms with Crippen molar-refractivity contribution in [2.75, 3.05) is 7.11 Å². The molecule has 5 heteroatoms. The van der Waals surface area contributed by atoms with Crippen molar-refractivity contribution in [1.29, 1.82) is 0 Å². The highest BCUT2D eigenvalue weighted by atomic mass is 19.3. The fraction of sp³-hybridized carbons (Fsp3) is 0.500. The predicted octanol–water partition coefficient (Wildman–Crippen LogP) is 2.82. The standard InChI is InChI=1S/C10H13F2NO2/c1-6(2)7-4-8(15-10(11)12)9(14-3)13-5-7/h4-6,10H,1-3H3. The molecular formula is C10H13F2NO2. The van der Waals surface area contributed by atoms with E-state index in [1.807, 2.05) is 13.8 Å². The summed E-state index contributed by atoms with van der Waals surface area (Å²) >= 11 is 0. The van der Waals surface area contributed by atoms with E-state index in [-0.39, 0.29) is 17.5 Å². The minimum absolute atomic E-state index is 0.0290. The molecule has 0 N–H and O–H groups in total. The molecule has 0 atom stereocenters. The molecule has 0 aliphatic heterocycles. The van der Waals surface area contributed by atoms with Gasteiger partial charge >= 0.3 is 6.61 Å². The van der Waals surface area contributed by atoms with Crippen molar-refractivity contribution in [2.24, 2.45) is 0 Å². The molecule has 0 spiro atoms. The number of methoxy groups -OCH3 is 1. The minimum Gasteiger partial charge on any atom is -0.478 e. The van der Waals surface area contributed by atoms with Crippen LogP contribution in [0, 0.1) is 0 Å². The molecule has 1 aromatic rings. The normalized spacial score (nSPS) is 10.9. The molecule has 0 aliphatic carbocycles. The Morgan fingerprint density at radius 3 is 2.47 bits per heavy atom. The molecule has 0 saturated heterocycles. The van der Waals surface area contributed by atoms with Gasteiger partial charge in [-0.1, -0.05) is 13.8 Å². The van der Waals surface area contributed by atoms with Gasteiger partial charge in [0.2, 0.25) is 0 Å². The Bertz CT molecular complexity index is 329. The van der Waals surface area contributed by atoms with Gasteiger partial charge in [0.15, 0.2) is 5.75 Å². The largest absolute Gasteiger partial charge is 0.478 e. The maximum absolute atomic E-state index is 12.1. The Kier molecular flexibility index (Phi) is 3.82. The second kappa shape index (κ2) is 4.91. The van der Waals surface area contributed by atoms with Crippen molar-refractivity contribution in [3.63, 3.8) is 0 Å². The summed E-state index contributed by atoms with van der Waals surface area (Å²) in [6, 6.07) is 1.52. The molecule has 0 fully saturated rings. The van der Waals surface area contributed by atoms with E-state index in [0.29, 0.717) is 0 Å². The summed E-state index contributed by atoms with van der Waals surface area (Å²) < 4.78 is 33.2. The highest BCUT2D eigenvalue weighted by molar-refractivity contribution is 5.37. The van der Waals surface area contributed by atoms with E-state index in [1.165, 1.54) is 13.2 Å².